The van der Waals surface area contributed by atoms with Crippen molar-refractivity contribution in [3.05, 3.63) is 46.9 Å². The maximum Gasteiger partial charge on any atom is 0.254 e. The molecule has 166 valence electrons. The lowest BCUT2D eigenvalue weighted by Gasteiger charge is -2.11. The van der Waals surface area contributed by atoms with Crippen LogP contribution in [0.3, 0.4) is 0 Å². The van der Waals surface area contributed by atoms with Gasteiger partial charge >= 0.3 is 0 Å². The van der Waals surface area contributed by atoms with E-state index in [4.69, 9.17) is 5.73 Å². The maximum absolute atomic E-state index is 12.5. The second-order valence-corrected chi connectivity index (χ2v) is 10.4. The van der Waals surface area contributed by atoms with E-state index in [-0.39, 0.29) is 22.8 Å². The summed E-state index contributed by atoms with van der Waals surface area (Å²) in [5, 5.41) is 7.36. The van der Waals surface area contributed by atoms with Crippen LogP contribution in [0.4, 0.5) is 5.13 Å². The Balaban J connectivity index is 1.51. The minimum absolute atomic E-state index is 0.184. The molecule has 3 N–H and O–H groups in total. The zero-order chi connectivity index (χ0) is 23.2. The highest BCUT2D eigenvalue weighted by molar-refractivity contribution is 7.90. The summed E-state index contributed by atoms with van der Waals surface area (Å²) in [6, 6.07) is 4.67. The number of hydrogen-bond acceptors (Lipinski definition) is 8. The number of thiazole rings is 1. The first-order chi connectivity index (χ1) is 15.0. The molecular weight excluding hydrogens is 452 g/mol. The van der Waals surface area contributed by atoms with Crippen molar-refractivity contribution in [2.24, 2.45) is 5.73 Å². The van der Waals surface area contributed by atoms with E-state index in [0.29, 0.717) is 33.1 Å². The fourth-order valence-corrected chi connectivity index (χ4v) is 5.10. The average molecular weight is 473 g/mol. The highest BCUT2D eigenvalue weighted by Gasteiger charge is 2.18. The van der Waals surface area contributed by atoms with Crippen LogP contribution >= 0.6 is 11.3 Å². The first kappa shape index (κ1) is 21.8. The SMILES string of the molecule is Cc1nc2c(C(N)=O)cnn2c(C)c1CCC(=O)Nc1nc2ccc(S(C)(=O)=O)cc2s1. The smallest absolute Gasteiger partial charge is 0.254 e. The van der Waals surface area contributed by atoms with Crippen molar-refractivity contribution in [1.82, 2.24) is 19.6 Å². The highest BCUT2D eigenvalue weighted by atomic mass is 32.2. The standard InChI is InChI=1S/C20H20N6O4S2/c1-10-13(11(2)26-19(23-10)14(9-22-26)18(21)28)5-7-17(27)25-20-24-15-6-4-12(32(3,29)30)8-16(15)31-20/h4,6,8-9H,5,7H2,1-3H3,(H2,21,28)(H,24,25,27). The van der Waals surface area contributed by atoms with Crippen molar-refractivity contribution in [3.8, 4) is 0 Å². The predicted molar refractivity (Wildman–Crippen MR) is 121 cm³/mol. The minimum Gasteiger partial charge on any atom is -0.365 e. The van der Waals surface area contributed by atoms with Gasteiger partial charge in [0.15, 0.2) is 20.6 Å². The van der Waals surface area contributed by atoms with E-state index in [1.165, 1.54) is 23.6 Å². The summed E-state index contributed by atoms with van der Waals surface area (Å²) in [5.74, 6) is -0.831. The van der Waals surface area contributed by atoms with Crippen molar-refractivity contribution in [3.63, 3.8) is 0 Å². The van der Waals surface area contributed by atoms with E-state index in [0.717, 1.165) is 17.5 Å². The van der Waals surface area contributed by atoms with Crippen LogP contribution in [0, 0.1) is 13.8 Å². The molecule has 0 saturated carbocycles. The van der Waals surface area contributed by atoms with Gasteiger partial charge in [-0.2, -0.15) is 5.10 Å². The molecule has 4 aromatic rings. The zero-order valence-electron chi connectivity index (χ0n) is 17.5. The topological polar surface area (TPSA) is 149 Å². The van der Waals surface area contributed by atoms with E-state index in [1.807, 2.05) is 13.8 Å². The number of nitrogens with zero attached hydrogens (tertiary/aromatic N) is 4. The summed E-state index contributed by atoms with van der Waals surface area (Å²) in [6.07, 6.45) is 3.13. The molecule has 2 amide bonds. The normalized spacial score (nSPS) is 11.8. The fraction of sp³-hybridized carbons (Fsp3) is 0.250. The summed E-state index contributed by atoms with van der Waals surface area (Å²) < 4.78 is 25.7. The molecule has 0 bridgehead atoms. The number of nitrogens with one attached hydrogen (secondary N) is 1. The van der Waals surface area contributed by atoms with Gasteiger partial charge in [-0.25, -0.2) is 22.9 Å². The van der Waals surface area contributed by atoms with Crippen LogP contribution in [0.15, 0.2) is 29.3 Å². The molecule has 10 nitrogen and oxygen atoms in total. The maximum atomic E-state index is 12.5. The minimum atomic E-state index is -3.32. The molecular formula is C20H20N6O4S2. The third-order valence-corrected chi connectivity index (χ3v) is 7.15. The van der Waals surface area contributed by atoms with Crippen LogP contribution in [-0.4, -0.2) is 46.1 Å². The molecule has 0 aliphatic heterocycles. The van der Waals surface area contributed by atoms with Crippen molar-refractivity contribution in [2.45, 2.75) is 31.6 Å². The summed E-state index contributed by atoms with van der Waals surface area (Å²) in [5.41, 5.74) is 8.95. The number of rotatable bonds is 6. The predicted octanol–water partition coefficient (Wildman–Crippen LogP) is 2.03. The van der Waals surface area contributed by atoms with Crippen molar-refractivity contribution in [1.29, 1.82) is 0 Å². The summed E-state index contributed by atoms with van der Waals surface area (Å²) in [6.45, 7) is 3.66. The van der Waals surface area contributed by atoms with Crippen molar-refractivity contribution in [2.75, 3.05) is 11.6 Å². The Labute approximate surface area is 187 Å². The van der Waals surface area contributed by atoms with Gasteiger partial charge < -0.3 is 11.1 Å². The van der Waals surface area contributed by atoms with Gasteiger partial charge in [0, 0.05) is 24.1 Å². The Morgan fingerprint density at radius 2 is 1.97 bits per heavy atom. The van der Waals surface area contributed by atoms with Gasteiger partial charge in [-0.3, -0.25) is 9.59 Å². The summed E-state index contributed by atoms with van der Waals surface area (Å²) in [7, 11) is -3.32. The van der Waals surface area contributed by atoms with Crippen LogP contribution in [0.25, 0.3) is 15.9 Å². The number of nitrogens with two attached hydrogens (primary N) is 1. The van der Waals surface area contributed by atoms with Crippen LogP contribution in [0.2, 0.25) is 0 Å². The molecule has 0 saturated heterocycles. The molecule has 3 heterocycles. The van der Waals surface area contributed by atoms with Gasteiger partial charge in [-0.1, -0.05) is 11.3 Å². The van der Waals surface area contributed by atoms with E-state index in [1.54, 1.807) is 16.6 Å². The number of anilines is 1. The molecule has 12 heteroatoms. The Morgan fingerprint density at radius 1 is 1.22 bits per heavy atom. The molecule has 0 radical (unpaired) electrons. The van der Waals surface area contributed by atoms with Crippen LogP contribution < -0.4 is 11.1 Å². The molecule has 0 spiro atoms. The zero-order valence-corrected chi connectivity index (χ0v) is 19.2. The molecule has 0 fully saturated rings. The molecule has 0 aliphatic carbocycles. The molecule has 3 aromatic heterocycles. The Morgan fingerprint density at radius 3 is 2.66 bits per heavy atom. The molecule has 0 atom stereocenters. The van der Waals surface area contributed by atoms with Gasteiger partial charge in [0.2, 0.25) is 5.91 Å². The number of primary amides is 1. The van der Waals surface area contributed by atoms with E-state index in [2.05, 4.69) is 20.4 Å². The Kier molecular flexibility index (Phi) is 5.42. The first-order valence-corrected chi connectivity index (χ1v) is 12.3. The largest absolute Gasteiger partial charge is 0.365 e. The number of aromatic nitrogens is 4. The number of hydrogen-bond donors (Lipinski definition) is 2. The van der Waals surface area contributed by atoms with Gasteiger partial charge in [0.05, 0.1) is 21.3 Å². The second kappa shape index (κ2) is 7.95. The molecule has 4 rings (SSSR count). The number of aryl methyl sites for hydroxylation is 2. The van der Waals surface area contributed by atoms with E-state index < -0.39 is 15.7 Å². The first-order valence-electron chi connectivity index (χ1n) is 9.58. The van der Waals surface area contributed by atoms with E-state index >= 15 is 0 Å². The number of amides is 2. The highest BCUT2D eigenvalue weighted by Crippen LogP contribution is 2.28. The number of benzene rings is 1. The quantitative estimate of drug-likeness (QED) is 0.436. The van der Waals surface area contributed by atoms with Gasteiger partial charge in [0.25, 0.3) is 5.91 Å². The monoisotopic (exact) mass is 472 g/mol. The molecule has 0 aliphatic rings. The van der Waals surface area contributed by atoms with Crippen molar-refractivity contribution < 1.29 is 18.0 Å². The van der Waals surface area contributed by atoms with Crippen LogP contribution in [-0.2, 0) is 21.1 Å². The van der Waals surface area contributed by atoms with E-state index in [9.17, 15) is 18.0 Å². The lowest BCUT2D eigenvalue weighted by molar-refractivity contribution is -0.116. The van der Waals surface area contributed by atoms with Crippen LogP contribution in [0.5, 0.6) is 0 Å². The van der Waals surface area contributed by atoms with Gasteiger partial charge in [0.1, 0.15) is 5.56 Å². The molecule has 32 heavy (non-hydrogen) atoms. The number of carbonyl (C=O) groups is 2. The number of carbonyl (C=O) groups excluding carboxylic acids is 2. The average Bonchev–Trinajstić information content (AvgIpc) is 3.29. The van der Waals surface area contributed by atoms with Crippen molar-refractivity contribution >= 4 is 54.0 Å². The third kappa shape index (κ3) is 4.06. The van der Waals surface area contributed by atoms with Gasteiger partial charge in [-0.15, -0.1) is 0 Å². The van der Waals surface area contributed by atoms with Crippen LogP contribution in [0.1, 0.15) is 33.7 Å². The number of fused-ring (bicyclic) bond motifs is 2. The Bertz CT molecular complexity index is 1500. The van der Waals surface area contributed by atoms with Gasteiger partial charge in [-0.05, 0) is 44.0 Å². The fourth-order valence-electron chi connectivity index (χ4n) is 3.46. The summed E-state index contributed by atoms with van der Waals surface area (Å²) in [4.78, 5) is 33.1. The Hall–Kier alpha value is -3.38. The number of sulfone groups is 1. The lowest BCUT2D eigenvalue weighted by atomic mass is 10.1. The third-order valence-electron chi connectivity index (χ3n) is 5.11. The second-order valence-electron chi connectivity index (χ2n) is 7.39. The molecule has 1 aromatic carbocycles. The summed E-state index contributed by atoms with van der Waals surface area (Å²) >= 11 is 1.21. The lowest BCUT2D eigenvalue weighted by Crippen LogP contribution is -2.15. The molecule has 0 unspecified atom stereocenters.